The van der Waals surface area contributed by atoms with Gasteiger partial charge in [0.2, 0.25) is 0 Å². The number of aliphatic hydroxyl groups is 4. The van der Waals surface area contributed by atoms with Crippen LogP contribution in [0.4, 0.5) is 4.39 Å². The molecule has 1 amide bonds. The van der Waals surface area contributed by atoms with Crippen molar-refractivity contribution in [3.63, 3.8) is 0 Å². The Morgan fingerprint density at radius 1 is 1.09 bits per heavy atom. The smallest absolute Gasteiger partial charge is 0.282 e. The van der Waals surface area contributed by atoms with Crippen LogP contribution in [0.15, 0.2) is 41.2 Å². The third-order valence-corrected chi connectivity index (χ3v) is 5.49. The summed E-state index contributed by atoms with van der Waals surface area (Å²) in [5.41, 5.74) is 1.78. The number of nitrogens with zero attached hydrogens (tertiary/aromatic N) is 2. The summed E-state index contributed by atoms with van der Waals surface area (Å²) < 4.78 is 14.2. The van der Waals surface area contributed by atoms with Crippen LogP contribution in [-0.4, -0.2) is 60.8 Å². The Hall–Kier alpha value is -3.18. The van der Waals surface area contributed by atoms with E-state index in [0.29, 0.717) is 16.6 Å². The number of carbonyl (C=O) groups is 1. The lowest BCUT2D eigenvalue weighted by molar-refractivity contribution is -0.0805. The Morgan fingerprint density at radius 3 is 2.36 bits per heavy atom. The topological polar surface area (TPSA) is 145 Å². The average Bonchev–Trinajstić information content (AvgIpc) is 2.80. The summed E-state index contributed by atoms with van der Waals surface area (Å²) in [7, 11) is 0. The lowest BCUT2D eigenvalue weighted by atomic mass is 10.1. The molecule has 3 unspecified atom stereocenters. The molecule has 0 bridgehead atoms. The summed E-state index contributed by atoms with van der Waals surface area (Å²) in [6.07, 6.45) is -4.93. The minimum absolute atomic E-state index is 0.0369. The first-order valence-corrected chi connectivity index (χ1v) is 10.3. The Morgan fingerprint density at radius 2 is 1.73 bits per heavy atom. The van der Waals surface area contributed by atoms with Crippen LogP contribution in [0.3, 0.4) is 0 Å². The van der Waals surface area contributed by atoms with Gasteiger partial charge in [-0.25, -0.2) is 9.37 Å². The van der Waals surface area contributed by atoms with Gasteiger partial charge in [-0.2, -0.15) is 0 Å². The zero-order valence-corrected chi connectivity index (χ0v) is 18.2. The van der Waals surface area contributed by atoms with E-state index in [-0.39, 0.29) is 6.54 Å². The molecule has 0 fully saturated rings. The minimum atomic E-state index is -1.72. The minimum Gasteiger partial charge on any atom is -0.394 e. The number of rotatable bonds is 8. The molecule has 0 aliphatic rings. The lowest BCUT2D eigenvalue weighted by Crippen LogP contribution is -2.44. The SMILES string of the molecule is Cc1cc2nc(C(=O)NCc3ccc(F)cc3)c(=O)n(CC(O)C(O)C(O)CO)c2cc1C. The fourth-order valence-corrected chi connectivity index (χ4v) is 3.35. The molecule has 3 aromatic rings. The van der Waals surface area contributed by atoms with Crippen LogP contribution in [0.25, 0.3) is 11.0 Å². The van der Waals surface area contributed by atoms with Crippen molar-refractivity contribution in [3.8, 4) is 0 Å². The molecule has 9 nitrogen and oxygen atoms in total. The molecule has 5 N–H and O–H groups in total. The molecular formula is C23H26FN3O6. The molecule has 1 heterocycles. The van der Waals surface area contributed by atoms with E-state index in [1.54, 1.807) is 12.1 Å². The highest BCUT2D eigenvalue weighted by Crippen LogP contribution is 2.18. The Balaban J connectivity index is 2.00. The fraction of sp³-hybridized carbons (Fsp3) is 0.348. The Kier molecular flexibility index (Phi) is 7.54. The van der Waals surface area contributed by atoms with Crippen LogP contribution in [0.1, 0.15) is 27.2 Å². The fourth-order valence-electron chi connectivity index (χ4n) is 3.35. The van der Waals surface area contributed by atoms with E-state index in [9.17, 15) is 29.3 Å². The van der Waals surface area contributed by atoms with Crippen molar-refractivity contribution < 1.29 is 29.6 Å². The third-order valence-electron chi connectivity index (χ3n) is 5.49. The number of carbonyl (C=O) groups excluding carboxylic acids is 1. The quantitative estimate of drug-likeness (QED) is 0.323. The van der Waals surface area contributed by atoms with Gasteiger partial charge in [0, 0.05) is 6.54 Å². The summed E-state index contributed by atoms with van der Waals surface area (Å²) in [5.74, 6) is -1.18. The molecule has 0 radical (unpaired) electrons. The highest BCUT2D eigenvalue weighted by molar-refractivity contribution is 5.94. The zero-order valence-electron chi connectivity index (χ0n) is 18.2. The number of aliphatic hydroxyl groups excluding tert-OH is 4. The van der Waals surface area contributed by atoms with Gasteiger partial charge in [0.05, 0.1) is 24.2 Å². The highest BCUT2D eigenvalue weighted by atomic mass is 19.1. The number of halogens is 1. The molecule has 33 heavy (non-hydrogen) atoms. The normalized spacial score (nSPS) is 14.2. The molecule has 1 aromatic heterocycles. The number of benzene rings is 2. The Bertz CT molecular complexity index is 1210. The van der Waals surface area contributed by atoms with Gasteiger partial charge in [-0.3, -0.25) is 9.59 Å². The third kappa shape index (κ3) is 5.42. The van der Waals surface area contributed by atoms with Gasteiger partial charge in [0.1, 0.15) is 24.1 Å². The van der Waals surface area contributed by atoms with Gasteiger partial charge in [0.15, 0.2) is 5.69 Å². The van der Waals surface area contributed by atoms with Crippen molar-refractivity contribution >= 4 is 16.9 Å². The summed E-state index contributed by atoms with van der Waals surface area (Å²) in [6.45, 7) is 2.48. The molecule has 2 aromatic carbocycles. The Labute approximate surface area is 188 Å². The molecular weight excluding hydrogens is 433 g/mol. The number of hydrogen-bond donors (Lipinski definition) is 5. The van der Waals surface area contributed by atoms with E-state index in [4.69, 9.17) is 5.11 Å². The number of aryl methyl sites for hydroxylation is 2. The molecule has 0 aliphatic carbocycles. The molecule has 10 heteroatoms. The van der Waals surface area contributed by atoms with E-state index < -0.39 is 54.4 Å². The van der Waals surface area contributed by atoms with Crippen LogP contribution in [-0.2, 0) is 13.1 Å². The van der Waals surface area contributed by atoms with Gasteiger partial charge in [-0.1, -0.05) is 12.1 Å². The van der Waals surface area contributed by atoms with Gasteiger partial charge in [-0.05, 0) is 54.8 Å². The molecule has 3 rings (SSSR count). The van der Waals surface area contributed by atoms with Crippen molar-refractivity contribution in [2.75, 3.05) is 6.61 Å². The lowest BCUT2D eigenvalue weighted by Gasteiger charge is -2.23. The first-order chi connectivity index (χ1) is 15.6. The number of nitrogens with one attached hydrogen (secondary N) is 1. The monoisotopic (exact) mass is 459 g/mol. The molecule has 0 spiro atoms. The van der Waals surface area contributed by atoms with Gasteiger partial charge in [0.25, 0.3) is 11.5 Å². The summed E-state index contributed by atoms with van der Waals surface area (Å²) in [4.78, 5) is 30.2. The van der Waals surface area contributed by atoms with E-state index >= 15 is 0 Å². The van der Waals surface area contributed by atoms with E-state index in [2.05, 4.69) is 10.3 Å². The number of amides is 1. The van der Waals surface area contributed by atoms with E-state index in [1.165, 1.54) is 24.3 Å². The molecule has 176 valence electrons. The maximum Gasteiger partial charge on any atom is 0.282 e. The largest absolute Gasteiger partial charge is 0.394 e. The zero-order chi connectivity index (χ0) is 24.3. The van der Waals surface area contributed by atoms with E-state index in [0.717, 1.165) is 15.7 Å². The first-order valence-electron chi connectivity index (χ1n) is 10.3. The van der Waals surface area contributed by atoms with Crippen molar-refractivity contribution in [1.82, 2.24) is 14.9 Å². The van der Waals surface area contributed by atoms with Crippen molar-refractivity contribution in [2.24, 2.45) is 0 Å². The molecule has 0 saturated heterocycles. The van der Waals surface area contributed by atoms with E-state index in [1.807, 2.05) is 13.8 Å². The maximum atomic E-state index is 13.2. The number of hydrogen-bond acceptors (Lipinski definition) is 7. The predicted molar refractivity (Wildman–Crippen MR) is 118 cm³/mol. The summed E-state index contributed by atoms with van der Waals surface area (Å²) >= 11 is 0. The summed E-state index contributed by atoms with van der Waals surface area (Å²) in [5, 5.41) is 41.6. The maximum absolute atomic E-state index is 13.2. The van der Waals surface area contributed by atoms with Crippen LogP contribution in [0.5, 0.6) is 0 Å². The van der Waals surface area contributed by atoms with Crippen molar-refractivity contribution in [3.05, 3.63) is 75.0 Å². The van der Waals surface area contributed by atoms with Gasteiger partial charge < -0.3 is 30.3 Å². The molecule has 0 saturated carbocycles. The van der Waals surface area contributed by atoms with Crippen molar-refractivity contribution in [1.29, 1.82) is 0 Å². The van der Waals surface area contributed by atoms with Crippen LogP contribution in [0, 0.1) is 19.7 Å². The highest BCUT2D eigenvalue weighted by Gasteiger charge is 2.27. The van der Waals surface area contributed by atoms with Crippen molar-refractivity contribution in [2.45, 2.75) is 45.2 Å². The second-order valence-corrected chi connectivity index (χ2v) is 7.92. The second-order valence-electron chi connectivity index (χ2n) is 7.92. The summed E-state index contributed by atoms with van der Waals surface area (Å²) in [6, 6.07) is 8.88. The molecule has 3 atom stereocenters. The first kappa shape index (κ1) is 24.5. The molecule has 0 aliphatic heterocycles. The van der Waals surface area contributed by atoms with Gasteiger partial charge in [-0.15, -0.1) is 0 Å². The van der Waals surface area contributed by atoms with Crippen LogP contribution >= 0.6 is 0 Å². The number of aromatic nitrogens is 2. The van der Waals surface area contributed by atoms with Crippen LogP contribution < -0.4 is 10.9 Å². The predicted octanol–water partition coefficient (Wildman–Crippen LogP) is 0.157. The standard InChI is InChI=1S/C23H26FN3O6/c1-12-7-16-17(8-13(12)2)27(10-18(29)21(31)19(30)11-28)23(33)20(26-16)22(32)25-9-14-3-5-15(24)6-4-14/h3-8,18-19,21,28-31H,9-11H2,1-2H3,(H,25,32). The van der Waals surface area contributed by atoms with Gasteiger partial charge >= 0.3 is 0 Å². The average molecular weight is 459 g/mol. The van der Waals surface area contributed by atoms with Crippen LogP contribution in [0.2, 0.25) is 0 Å². The second kappa shape index (κ2) is 10.2. The number of fused-ring (bicyclic) bond motifs is 1.